The summed E-state index contributed by atoms with van der Waals surface area (Å²) in [6.45, 7) is 0. The van der Waals surface area contributed by atoms with Crippen molar-refractivity contribution in [2.75, 3.05) is 4.72 Å². The van der Waals surface area contributed by atoms with Gasteiger partial charge in [-0.05, 0) is 12.1 Å². The molecule has 0 radical (unpaired) electrons. The number of nitrogens with one attached hydrogen (secondary N) is 1. The van der Waals surface area contributed by atoms with E-state index in [2.05, 4.69) is 0 Å². The summed E-state index contributed by atoms with van der Waals surface area (Å²) >= 11 is -2.39. The van der Waals surface area contributed by atoms with Crippen LogP contribution < -0.4 is 4.72 Å². The maximum atomic E-state index is 10.1. The maximum absolute atomic E-state index is 10.1. The first-order valence-corrected chi connectivity index (χ1v) is 5.91. The minimum Gasteiger partial charge on any atom is -0.755 e. The first-order valence-electron chi connectivity index (χ1n) is 4.84. The molecular formula is C12H12NO3S-. The lowest BCUT2D eigenvalue weighted by Gasteiger charge is -2.08. The fourth-order valence-corrected chi connectivity index (χ4v) is 1.39. The number of anilines is 1. The van der Waals surface area contributed by atoms with Gasteiger partial charge in [0.15, 0.2) is 0 Å². The molecule has 0 aliphatic heterocycles. The summed E-state index contributed by atoms with van der Waals surface area (Å²) in [5, 5.41) is 9.02. The van der Waals surface area contributed by atoms with Crippen LogP contribution in [0.4, 0.5) is 5.69 Å². The highest BCUT2D eigenvalue weighted by atomic mass is 32.2. The molecule has 90 valence electrons. The Morgan fingerprint density at radius 3 is 1.82 bits per heavy atom. The molecule has 0 aromatic heterocycles. The maximum Gasteiger partial charge on any atom is 0.139 e. The number of phenolic OH excluding ortho intramolecular Hbond substituents is 1. The zero-order valence-corrected chi connectivity index (χ0v) is 9.76. The Labute approximate surface area is 102 Å². The third kappa shape index (κ3) is 5.70. The molecule has 0 saturated heterocycles. The molecule has 0 aliphatic rings. The van der Waals surface area contributed by atoms with E-state index in [0.29, 0.717) is 0 Å². The molecule has 5 heteroatoms. The third-order valence-corrected chi connectivity index (χ3v) is 2.15. The van der Waals surface area contributed by atoms with Crippen molar-refractivity contribution in [1.82, 2.24) is 0 Å². The van der Waals surface area contributed by atoms with Crippen molar-refractivity contribution in [1.29, 1.82) is 0 Å². The average Bonchev–Trinajstić information content (AvgIpc) is 2.35. The summed E-state index contributed by atoms with van der Waals surface area (Å²) in [6, 6.07) is 18.1. The van der Waals surface area contributed by atoms with Crippen LogP contribution in [-0.4, -0.2) is 13.9 Å². The van der Waals surface area contributed by atoms with E-state index in [0.717, 1.165) is 0 Å². The standard InChI is InChI=1S/C6H7NO3S.C6H6/c8-6-4-2-1-3-5(6)7-11(9)10;1-2-4-6-5-3-1/h1-4,7-8H,(H,9,10);1-6H/p-1. The van der Waals surface area contributed by atoms with Crippen LogP contribution in [0.1, 0.15) is 0 Å². The topological polar surface area (TPSA) is 72.4 Å². The molecule has 17 heavy (non-hydrogen) atoms. The molecule has 0 saturated carbocycles. The number of hydrogen-bond acceptors (Lipinski definition) is 3. The molecule has 1 unspecified atom stereocenters. The van der Waals surface area contributed by atoms with Crippen LogP contribution in [0.2, 0.25) is 0 Å². The number of aromatic hydroxyl groups is 1. The van der Waals surface area contributed by atoms with E-state index in [1.54, 1.807) is 12.1 Å². The van der Waals surface area contributed by atoms with Gasteiger partial charge >= 0.3 is 0 Å². The quantitative estimate of drug-likeness (QED) is 0.634. The fourth-order valence-electron chi connectivity index (χ4n) is 1.03. The summed E-state index contributed by atoms with van der Waals surface area (Å²) in [4.78, 5) is 0. The number of para-hydroxylation sites is 2. The lowest BCUT2D eigenvalue weighted by molar-refractivity contribution is 0.477. The van der Waals surface area contributed by atoms with E-state index >= 15 is 0 Å². The Bertz CT molecular complexity index is 436. The van der Waals surface area contributed by atoms with Crippen molar-refractivity contribution in [3.63, 3.8) is 0 Å². The van der Waals surface area contributed by atoms with Gasteiger partial charge in [0.25, 0.3) is 0 Å². The van der Waals surface area contributed by atoms with Gasteiger partial charge in [-0.25, -0.2) is 0 Å². The minimum atomic E-state index is -2.39. The average molecular weight is 250 g/mol. The van der Waals surface area contributed by atoms with Crippen molar-refractivity contribution in [2.24, 2.45) is 0 Å². The predicted molar refractivity (Wildman–Crippen MR) is 67.1 cm³/mol. The lowest BCUT2D eigenvalue weighted by atomic mass is 10.3. The second-order valence-corrected chi connectivity index (χ2v) is 3.68. The molecule has 4 nitrogen and oxygen atoms in total. The number of rotatable bonds is 2. The van der Waals surface area contributed by atoms with Gasteiger partial charge in [0.2, 0.25) is 0 Å². The molecule has 2 aromatic rings. The van der Waals surface area contributed by atoms with E-state index in [9.17, 15) is 8.76 Å². The monoisotopic (exact) mass is 250 g/mol. The van der Waals surface area contributed by atoms with E-state index in [4.69, 9.17) is 5.11 Å². The zero-order chi connectivity index (χ0) is 12.5. The van der Waals surface area contributed by atoms with Gasteiger partial charge in [0.05, 0.1) is 5.69 Å². The van der Waals surface area contributed by atoms with Crippen molar-refractivity contribution in [2.45, 2.75) is 0 Å². The van der Waals surface area contributed by atoms with Crippen molar-refractivity contribution < 1.29 is 13.9 Å². The van der Waals surface area contributed by atoms with Crippen LogP contribution in [0.5, 0.6) is 5.75 Å². The fraction of sp³-hybridized carbons (Fsp3) is 0. The number of hydrogen-bond donors (Lipinski definition) is 2. The smallest absolute Gasteiger partial charge is 0.139 e. The van der Waals surface area contributed by atoms with Crippen molar-refractivity contribution in [3.05, 3.63) is 60.7 Å². The summed E-state index contributed by atoms with van der Waals surface area (Å²) in [5.41, 5.74) is 0.181. The van der Waals surface area contributed by atoms with E-state index in [-0.39, 0.29) is 11.4 Å². The van der Waals surface area contributed by atoms with Gasteiger partial charge in [0.1, 0.15) is 5.75 Å². The van der Waals surface area contributed by atoms with Crippen molar-refractivity contribution >= 4 is 17.0 Å². The Hall–Kier alpha value is -1.85. The highest BCUT2D eigenvalue weighted by Crippen LogP contribution is 2.21. The largest absolute Gasteiger partial charge is 0.755 e. The molecule has 0 heterocycles. The Morgan fingerprint density at radius 1 is 0.941 bits per heavy atom. The van der Waals surface area contributed by atoms with Gasteiger partial charge in [-0.1, -0.05) is 48.5 Å². The molecule has 2 rings (SSSR count). The van der Waals surface area contributed by atoms with Crippen LogP contribution in [0.3, 0.4) is 0 Å². The van der Waals surface area contributed by atoms with Crippen LogP contribution >= 0.6 is 0 Å². The van der Waals surface area contributed by atoms with Gasteiger partial charge in [-0.3, -0.25) is 4.21 Å². The summed E-state index contributed by atoms with van der Waals surface area (Å²) < 4.78 is 22.2. The Kier molecular flexibility index (Phi) is 5.77. The second kappa shape index (κ2) is 7.43. The summed E-state index contributed by atoms with van der Waals surface area (Å²) in [5.74, 6) is -0.0864. The van der Waals surface area contributed by atoms with Gasteiger partial charge in [0, 0.05) is 11.3 Å². The number of benzene rings is 2. The SMILES string of the molecule is O=S([O-])Nc1ccccc1O.c1ccccc1. The first-order chi connectivity index (χ1) is 8.20. The molecule has 0 amide bonds. The highest BCUT2D eigenvalue weighted by Gasteiger charge is 1.95. The zero-order valence-electron chi connectivity index (χ0n) is 8.95. The molecule has 0 aliphatic carbocycles. The van der Waals surface area contributed by atoms with Crippen LogP contribution in [-0.2, 0) is 11.3 Å². The van der Waals surface area contributed by atoms with Crippen LogP contribution in [0.25, 0.3) is 0 Å². The molecule has 1 atom stereocenters. The molecule has 2 N–H and O–H groups in total. The molecule has 0 spiro atoms. The lowest BCUT2D eigenvalue weighted by Crippen LogP contribution is -2.01. The number of phenols is 1. The normalized spacial score (nSPS) is 10.9. The van der Waals surface area contributed by atoms with E-state index in [1.165, 1.54) is 12.1 Å². The molecule has 0 bridgehead atoms. The van der Waals surface area contributed by atoms with Gasteiger partial charge in [-0.2, -0.15) is 0 Å². The summed E-state index contributed by atoms with van der Waals surface area (Å²) in [6.07, 6.45) is 0. The van der Waals surface area contributed by atoms with Crippen molar-refractivity contribution in [3.8, 4) is 5.75 Å². The molecule has 0 fully saturated rings. The Balaban J connectivity index is 0.000000202. The predicted octanol–water partition coefficient (Wildman–Crippen LogP) is 2.28. The van der Waals surface area contributed by atoms with Crippen LogP contribution in [0, 0.1) is 0 Å². The third-order valence-electron chi connectivity index (χ3n) is 1.76. The van der Waals surface area contributed by atoms with Gasteiger partial charge in [-0.15, -0.1) is 0 Å². The van der Waals surface area contributed by atoms with E-state index in [1.807, 2.05) is 41.1 Å². The first kappa shape index (κ1) is 13.2. The minimum absolute atomic E-state index is 0.0864. The molecule has 2 aromatic carbocycles. The van der Waals surface area contributed by atoms with E-state index < -0.39 is 11.3 Å². The second-order valence-electron chi connectivity index (χ2n) is 3.01. The molecular weight excluding hydrogens is 238 g/mol. The van der Waals surface area contributed by atoms with Gasteiger partial charge < -0.3 is 14.4 Å². The summed E-state index contributed by atoms with van der Waals surface area (Å²) in [7, 11) is 0. The Morgan fingerprint density at radius 2 is 1.41 bits per heavy atom. The van der Waals surface area contributed by atoms with Crippen LogP contribution in [0.15, 0.2) is 60.7 Å². The highest BCUT2D eigenvalue weighted by molar-refractivity contribution is 7.80.